The SMILES string of the molecule is Cc1cn2c(C3(C)CCOCC3)ncc2c(=N)n1Cc1cccc(F)c1. The first kappa shape index (κ1) is 17.0. The number of halogens is 1. The molecule has 1 aromatic carbocycles. The highest BCUT2D eigenvalue weighted by Crippen LogP contribution is 2.33. The van der Waals surface area contributed by atoms with Gasteiger partial charge in [0.15, 0.2) is 5.49 Å². The molecule has 0 saturated carbocycles. The van der Waals surface area contributed by atoms with E-state index in [2.05, 4.69) is 11.9 Å². The molecule has 1 saturated heterocycles. The molecule has 6 heteroatoms. The molecule has 0 atom stereocenters. The highest BCUT2D eigenvalue weighted by atomic mass is 19.1. The Balaban J connectivity index is 1.79. The van der Waals surface area contributed by atoms with E-state index in [1.54, 1.807) is 12.3 Å². The zero-order chi connectivity index (χ0) is 18.3. The van der Waals surface area contributed by atoms with Crippen molar-refractivity contribution in [1.29, 1.82) is 5.41 Å². The first-order valence-corrected chi connectivity index (χ1v) is 8.93. The normalized spacial score (nSPS) is 16.9. The van der Waals surface area contributed by atoms with Crippen LogP contribution < -0.4 is 5.49 Å². The lowest BCUT2D eigenvalue weighted by Gasteiger charge is -2.32. The Bertz CT molecular complexity index is 1010. The number of aryl methyl sites for hydroxylation is 1. The maximum absolute atomic E-state index is 13.5. The summed E-state index contributed by atoms with van der Waals surface area (Å²) in [5.41, 5.74) is 2.91. The Kier molecular flexibility index (Phi) is 4.15. The molecule has 2 aromatic heterocycles. The summed E-state index contributed by atoms with van der Waals surface area (Å²) < 4.78 is 22.9. The molecule has 5 nitrogen and oxygen atoms in total. The Morgan fingerprint density at radius 3 is 2.81 bits per heavy atom. The van der Waals surface area contributed by atoms with Gasteiger partial charge in [-0.1, -0.05) is 19.1 Å². The van der Waals surface area contributed by atoms with Crippen LogP contribution in [0.25, 0.3) is 5.52 Å². The number of ether oxygens (including phenoxy) is 1. The van der Waals surface area contributed by atoms with E-state index >= 15 is 0 Å². The second-order valence-electron chi connectivity index (χ2n) is 7.35. The van der Waals surface area contributed by atoms with Gasteiger partial charge in [-0.25, -0.2) is 9.37 Å². The molecule has 0 amide bonds. The summed E-state index contributed by atoms with van der Waals surface area (Å²) >= 11 is 0. The fourth-order valence-electron chi connectivity index (χ4n) is 3.75. The van der Waals surface area contributed by atoms with Crippen LogP contribution in [0, 0.1) is 18.2 Å². The average Bonchev–Trinajstić information content (AvgIpc) is 3.04. The second-order valence-corrected chi connectivity index (χ2v) is 7.35. The highest BCUT2D eigenvalue weighted by Gasteiger charge is 2.33. The van der Waals surface area contributed by atoms with E-state index in [0.29, 0.717) is 12.0 Å². The number of aromatic nitrogens is 3. The molecule has 4 rings (SSSR count). The van der Waals surface area contributed by atoms with Crippen LogP contribution in [0.3, 0.4) is 0 Å². The molecule has 1 aliphatic rings. The molecule has 26 heavy (non-hydrogen) atoms. The molecule has 0 unspecified atom stereocenters. The molecule has 0 bridgehead atoms. The van der Waals surface area contributed by atoms with Gasteiger partial charge >= 0.3 is 0 Å². The number of imidazole rings is 1. The van der Waals surface area contributed by atoms with Gasteiger partial charge in [0.1, 0.15) is 17.2 Å². The number of hydrogen-bond donors (Lipinski definition) is 1. The lowest BCUT2D eigenvalue weighted by atomic mass is 9.81. The minimum atomic E-state index is -0.257. The van der Waals surface area contributed by atoms with Crippen LogP contribution in [0.5, 0.6) is 0 Å². The van der Waals surface area contributed by atoms with Gasteiger partial charge in [0.25, 0.3) is 0 Å². The molecule has 1 aliphatic heterocycles. The number of nitrogens with zero attached hydrogens (tertiary/aromatic N) is 3. The van der Waals surface area contributed by atoms with Crippen molar-refractivity contribution in [3.05, 3.63) is 65.0 Å². The second kappa shape index (κ2) is 6.36. The zero-order valence-electron chi connectivity index (χ0n) is 15.1. The van der Waals surface area contributed by atoms with Gasteiger partial charge in [-0.2, -0.15) is 0 Å². The van der Waals surface area contributed by atoms with Gasteiger partial charge in [0.2, 0.25) is 0 Å². The van der Waals surface area contributed by atoms with Crippen LogP contribution in [0.2, 0.25) is 0 Å². The molecule has 0 aliphatic carbocycles. The summed E-state index contributed by atoms with van der Waals surface area (Å²) in [5.74, 6) is 0.734. The van der Waals surface area contributed by atoms with Crippen molar-refractivity contribution in [2.24, 2.45) is 0 Å². The topological polar surface area (TPSA) is 55.3 Å². The molecular weight excluding hydrogens is 331 g/mol. The fourth-order valence-corrected chi connectivity index (χ4v) is 3.75. The van der Waals surface area contributed by atoms with Crippen molar-refractivity contribution in [2.75, 3.05) is 13.2 Å². The predicted octanol–water partition coefficient (Wildman–Crippen LogP) is 3.18. The van der Waals surface area contributed by atoms with Crippen molar-refractivity contribution < 1.29 is 9.13 Å². The van der Waals surface area contributed by atoms with Crippen LogP contribution in [-0.2, 0) is 16.7 Å². The van der Waals surface area contributed by atoms with E-state index in [9.17, 15) is 4.39 Å². The summed E-state index contributed by atoms with van der Waals surface area (Å²) in [5, 5.41) is 8.66. The summed E-state index contributed by atoms with van der Waals surface area (Å²) in [6, 6.07) is 6.53. The molecule has 0 spiro atoms. The Morgan fingerprint density at radius 1 is 1.31 bits per heavy atom. The molecule has 136 valence electrons. The van der Waals surface area contributed by atoms with E-state index in [1.165, 1.54) is 12.1 Å². The van der Waals surface area contributed by atoms with Gasteiger partial charge in [-0.15, -0.1) is 0 Å². The number of rotatable bonds is 3. The Morgan fingerprint density at radius 2 is 2.08 bits per heavy atom. The molecule has 1 fully saturated rings. The third-order valence-electron chi connectivity index (χ3n) is 5.42. The summed E-state index contributed by atoms with van der Waals surface area (Å²) in [4.78, 5) is 4.67. The van der Waals surface area contributed by atoms with Crippen LogP contribution in [0.4, 0.5) is 4.39 Å². The number of benzene rings is 1. The van der Waals surface area contributed by atoms with E-state index in [-0.39, 0.29) is 11.2 Å². The molecule has 1 N–H and O–H groups in total. The molecule has 3 aromatic rings. The summed E-state index contributed by atoms with van der Waals surface area (Å²) in [6.07, 6.45) is 5.67. The quantitative estimate of drug-likeness (QED) is 0.785. The largest absolute Gasteiger partial charge is 0.381 e. The molecule has 3 heterocycles. The third-order valence-corrected chi connectivity index (χ3v) is 5.42. The summed E-state index contributed by atoms with van der Waals surface area (Å²) in [7, 11) is 0. The van der Waals surface area contributed by atoms with E-state index in [4.69, 9.17) is 10.1 Å². The van der Waals surface area contributed by atoms with Crippen molar-refractivity contribution in [2.45, 2.75) is 38.6 Å². The summed E-state index contributed by atoms with van der Waals surface area (Å²) in [6.45, 7) is 6.14. The minimum absolute atomic E-state index is 0.0434. The Hall–Kier alpha value is -2.47. The lowest BCUT2D eigenvalue weighted by Crippen LogP contribution is -2.33. The van der Waals surface area contributed by atoms with Crippen molar-refractivity contribution >= 4 is 5.52 Å². The van der Waals surface area contributed by atoms with Crippen molar-refractivity contribution in [3.63, 3.8) is 0 Å². The molecular formula is C20H23FN4O. The van der Waals surface area contributed by atoms with Crippen molar-refractivity contribution in [1.82, 2.24) is 14.0 Å². The van der Waals surface area contributed by atoms with Gasteiger partial charge < -0.3 is 9.30 Å². The first-order valence-electron chi connectivity index (χ1n) is 8.93. The van der Waals surface area contributed by atoms with Gasteiger partial charge in [-0.05, 0) is 37.5 Å². The number of nitrogens with one attached hydrogen (secondary N) is 1. The van der Waals surface area contributed by atoms with E-state index in [1.807, 2.05) is 28.2 Å². The van der Waals surface area contributed by atoms with Gasteiger partial charge in [0, 0.05) is 37.1 Å². The number of fused-ring (bicyclic) bond motifs is 1. The van der Waals surface area contributed by atoms with E-state index in [0.717, 1.165) is 48.7 Å². The third kappa shape index (κ3) is 2.84. The monoisotopic (exact) mass is 354 g/mol. The van der Waals surface area contributed by atoms with Gasteiger partial charge in [-0.3, -0.25) is 9.81 Å². The van der Waals surface area contributed by atoms with Gasteiger partial charge in [0.05, 0.1) is 6.20 Å². The maximum atomic E-state index is 13.5. The zero-order valence-corrected chi connectivity index (χ0v) is 15.1. The maximum Gasteiger partial charge on any atom is 0.151 e. The highest BCUT2D eigenvalue weighted by molar-refractivity contribution is 5.45. The van der Waals surface area contributed by atoms with Crippen LogP contribution >= 0.6 is 0 Å². The van der Waals surface area contributed by atoms with Crippen molar-refractivity contribution in [3.8, 4) is 0 Å². The standard InChI is InChI=1S/C20H23FN4O/c1-14-12-25-17(11-23-19(25)20(2)6-8-26-9-7-20)18(22)24(14)13-15-4-3-5-16(21)10-15/h3-5,10-12,22H,6-9,13H2,1-2H3. The minimum Gasteiger partial charge on any atom is -0.381 e. The average molecular weight is 354 g/mol. The Labute approximate surface area is 151 Å². The fraction of sp³-hybridized carbons (Fsp3) is 0.400. The first-order chi connectivity index (χ1) is 12.5. The van der Waals surface area contributed by atoms with Crippen LogP contribution in [0.15, 0.2) is 36.7 Å². The smallest absolute Gasteiger partial charge is 0.151 e. The van der Waals surface area contributed by atoms with Crippen LogP contribution in [-0.4, -0.2) is 27.2 Å². The molecule has 0 radical (unpaired) electrons. The van der Waals surface area contributed by atoms with Crippen LogP contribution in [0.1, 0.15) is 36.8 Å². The predicted molar refractivity (Wildman–Crippen MR) is 96.7 cm³/mol. The van der Waals surface area contributed by atoms with E-state index < -0.39 is 0 Å². The lowest BCUT2D eigenvalue weighted by molar-refractivity contribution is 0.0533. The number of hydrogen-bond acceptors (Lipinski definition) is 3.